The first kappa shape index (κ1) is 26.4. The molecule has 1 saturated heterocycles. The molecule has 0 bridgehead atoms. The number of carbonyl (C=O) groups excluding carboxylic acids is 1. The van der Waals surface area contributed by atoms with Gasteiger partial charge in [-0.3, -0.25) is 4.79 Å². The van der Waals surface area contributed by atoms with Crippen molar-refractivity contribution < 1.29 is 30.8 Å². The Labute approximate surface area is 211 Å². The minimum absolute atomic E-state index is 0.0903. The van der Waals surface area contributed by atoms with Crippen LogP contribution in [-0.2, 0) is 19.7 Å². The molecular formula is C25H31FN2O6S2. The fourth-order valence-electron chi connectivity index (χ4n) is 4.10. The molecule has 2 aliphatic rings. The van der Waals surface area contributed by atoms with E-state index in [1.807, 2.05) is 13.8 Å². The van der Waals surface area contributed by atoms with Crippen molar-refractivity contribution in [3.8, 4) is 5.75 Å². The van der Waals surface area contributed by atoms with Gasteiger partial charge in [0.2, 0.25) is 0 Å². The molecule has 1 amide bonds. The van der Waals surface area contributed by atoms with Gasteiger partial charge < -0.3 is 14.5 Å². The van der Waals surface area contributed by atoms with Crippen LogP contribution in [0.5, 0.6) is 5.75 Å². The number of hydrogen-bond donors (Lipinski definition) is 0. The van der Waals surface area contributed by atoms with E-state index in [0.29, 0.717) is 38.3 Å². The lowest BCUT2D eigenvalue weighted by Gasteiger charge is -2.36. The van der Waals surface area contributed by atoms with Crippen molar-refractivity contribution in [2.45, 2.75) is 41.7 Å². The molecule has 8 nitrogen and oxygen atoms in total. The van der Waals surface area contributed by atoms with Gasteiger partial charge in [-0.25, -0.2) is 21.2 Å². The van der Waals surface area contributed by atoms with Gasteiger partial charge in [0.05, 0.1) is 32.9 Å². The second-order valence-corrected chi connectivity index (χ2v) is 14.0. The Morgan fingerprint density at radius 2 is 1.64 bits per heavy atom. The highest BCUT2D eigenvalue weighted by Crippen LogP contribution is 2.35. The maximum absolute atomic E-state index is 14.7. The second kappa shape index (κ2) is 10.0. The maximum Gasteiger partial charge on any atom is 0.257 e. The smallest absolute Gasteiger partial charge is 0.257 e. The number of amides is 1. The zero-order chi connectivity index (χ0) is 26.3. The molecule has 1 aliphatic carbocycles. The van der Waals surface area contributed by atoms with Gasteiger partial charge >= 0.3 is 0 Å². The average molecular weight is 539 g/mol. The number of rotatable bonds is 8. The lowest BCUT2D eigenvalue weighted by atomic mass is 10.1. The number of anilines is 1. The van der Waals surface area contributed by atoms with Gasteiger partial charge in [-0.15, -0.1) is 0 Å². The van der Waals surface area contributed by atoms with Crippen LogP contribution in [0.1, 0.15) is 37.0 Å². The molecule has 196 valence electrons. The number of nitrogens with zero attached hydrogens (tertiary/aromatic N) is 2. The van der Waals surface area contributed by atoms with Gasteiger partial charge in [0.15, 0.2) is 19.7 Å². The number of sulfone groups is 2. The van der Waals surface area contributed by atoms with Gasteiger partial charge in [0, 0.05) is 32.4 Å². The Morgan fingerprint density at radius 3 is 2.19 bits per heavy atom. The van der Waals surface area contributed by atoms with Crippen LogP contribution in [0.25, 0.3) is 0 Å². The number of carbonyl (C=O) groups is 1. The molecule has 0 radical (unpaired) electrons. The zero-order valence-electron chi connectivity index (χ0n) is 20.6. The predicted molar refractivity (Wildman–Crippen MR) is 135 cm³/mol. The molecule has 2 aromatic rings. The summed E-state index contributed by atoms with van der Waals surface area (Å²) in [6.45, 7) is 5.59. The molecule has 0 spiro atoms. The Bertz CT molecular complexity index is 1360. The summed E-state index contributed by atoms with van der Waals surface area (Å²) in [4.78, 5) is 16.9. The summed E-state index contributed by atoms with van der Waals surface area (Å²) in [6.07, 6.45) is 2.28. The first-order chi connectivity index (χ1) is 16.9. The van der Waals surface area contributed by atoms with Crippen LogP contribution in [0, 0.1) is 11.7 Å². The van der Waals surface area contributed by atoms with E-state index in [0.717, 1.165) is 12.3 Å². The third-order valence-electron chi connectivity index (χ3n) is 6.30. The summed E-state index contributed by atoms with van der Waals surface area (Å²) in [6, 6.07) is 8.29. The monoisotopic (exact) mass is 538 g/mol. The number of hydrogen-bond acceptors (Lipinski definition) is 7. The largest absolute Gasteiger partial charge is 0.492 e. The number of piperazine rings is 1. The third-order valence-corrected chi connectivity index (χ3v) is 9.67. The van der Waals surface area contributed by atoms with Crippen molar-refractivity contribution in [2.24, 2.45) is 5.92 Å². The second-order valence-electron chi connectivity index (χ2n) is 9.77. The normalized spacial score (nSPS) is 16.9. The van der Waals surface area contributed by atoms with Gasteiger partial charge in [-0.1, -0.05) is 13.8 Å². The molecule has 0 atom stereocenters. The molecule has 0 aromatic heterocycles. The fourth-order valence-corrected chi connectivity index (χ4v) is 6.42. The minimum Gasteiger partial charge on any atom is -0.492 e. The van der Waals surface area contributed by atoms with Crippen LogP contribution < -0.4 is 9.64 Å². The Balaban J connectivity index is 1.53. The van der Waals surface area contributed by atoms with E-state index in [2.05, 4.69) is 0 Å². The number of halogens is 1. The fraction of sp³-hybridized carbons (Fsp3) is 0.480. The molecule has 1 heterocycles. The lowest BCUT2D eigenvalue weighted by molar-refractivity contribution is 0.0741. The molecule has 2 aromatic carbocycles. The zero-order valence-corrected chi connectivity index (χ0v) is 22.2. The van der Waals surface area contributed by atoms with E-state index in [4.69, 9.17) is 4.74 Å². The molecule has 4 rings (SSSR count). The number of benzene rings is 2. The Morgan fingerprint density at radius 1 is 1.00 bits per heavy atom. The van der Waals surface area contributed by atoms with E-state index in [9.17, 15) is 26.0 Å². The van der Waals surface area contributed by atoms with Crippen LogP contribution in [0.4, 0.5) is 10.1 Å². The average Bonchev–Trinajstić information content (AvgIpc) is 3.68. The summed E-state index contributed by atoms with van der Waals surface area (Å²) in [5, 5.41) is -0.393. The van der Waals surface area contributed by atoms with Crippen molar-refractivity contribution in [2.75, 3.05) is 43.9 Å². The summed E-state index contributed by atoms with van der Waals surface area (Å²) < 4.78 is 69.5. The van der Waals surface area contributed by atoms with Crippen LogP contribution in [0.3, 0.4) is 0 Å². The van der Waals surface area contributed by atoms with Crippen LogP contribution in [0.15, 0.2) is 46.2 Å². The van der Waals surface area contributed by atoms with E-state index < -0.39 is 30.7 Å². The SMILES string of the molecule is CC(C)COc1ccc(S(=O)(=O)C2CC2)cc1C(=O)N1CCN(c2ccc(S(C)(=O)=O)cc2F)CC1. The molecule has 36 heavy (non-hydrogen) atoms. The van der Waals surface area contributed by atoms with E-state index in [-0.39, 0.29) is 46.0 Å². The highest BCUT2D eigenvalue weighted by atomic mass is 32.2. The van der Waals surface area contributed by atoms with Gasteiger partial charge in [0.1, 0.15) is 11.6 Å². The van der Waals surface area contributed by atoms with Crippen LogP contribution in [0.2, 0.25) is 0 Å². The van der Waals surface area contributed by atoms with Crippen LogP contribution in [-0.4, -0.2) is 71.9 Å². The summed E-state index contributed by atoms with van der Waals surface area (Å²) in [7, 11) is -7.00. The van der Waals surface area contributed by atoms with Crippen molar-refractivity contribution in [1.29, 1.82) is 0 Å². The first-order valence-corrected chi connectivity index (χ1v) is 15.4. The minimum atomic E-state index is -3.52. The van der Waals surface area contributed by atoms with E-state index in [1.54, 1.807) is 15.9 Å². The van der Waals surface area contributed by atoms with Crippen molar-refractivity contribution in [3.05, 3.63) is 47.8 Å². The summed E-state index contributed by atoms with van der Waals surface area (Å²) >= 11 is 0. The molecule has 1 aliphatic heterocycles. The topological polar surface area (TPSA) is 101 Å². The van der Waals surface area contributed by atoms with Gasteiger partial charge in [-0.2, -0.15) is 0 Å². The predicted octanol–water partition coefficient (Wildman–Crippen LogP) is 3.16. The molecular weight excluding hydrogens is 507 g/mol. The van der Waals surface area contributed by atoms with E-state index in [1.165, 1.54) is 24.3 Å². The molecule has 0 N–H and O–H groups in total. The van der Waals surface area contributed by atoms with E-state index >= 15 is 0 Å². The highest BCUT2D eigenvalue weighted by molar-refractivity contribution is 7.92. The molecule has 2 fully saturated rings. The number of ether oxygens (including phenoxy) is 1. The summed E-state index contributed by atoms with van der Waals surface area (Å²) in [5.41, 5.74) is 0.475. The molecule has 0 unspecified atom stereocenters. The Kier molecular flexibility index (Phi) is 7.34. The Hall–Kier alpha value is -2.66. The maximum atomic E-state index is 14.7. The van der Waals surface area contributed by atoms with Crippen LogP contribution >= 0.6 is 0 Å². The lowest BCUT2D eigenvalue weighted by Crippen LogP contribution is -2.49. The van der Waals surface area contributed by atoms with Gasteiger partial charge in [0.25, 0.3) is 5.91 Å². The third kappa shape index (κ3) is 5.67. The van der Waals surface area contributed by atoms with Gasteiger partial charge in [-0.05, 0) is 55.2 Å². The molecule has 11 heteroatoms. The van der Waals surface area contributed by atoms with Crippen molar-refractivity contribution in [3.63, 3.8) is 0 Å². The first-order valence-electron chi connectivity index (χ1n) is 11.9. The highest BCUT2D eigenvalue weighted by Gasteiger charge is 2.38. The van der Waals surface area contributed by atoms with Crippen molar-refractivity contribution in [1.82, 2.24) is 4.90 Å². The summed E-state index contributed by atoms with van der Waals surface area (Å²) in [5.74, 6) is -0.419. The van der Waals surface area contributed by atoms with Crippen molar-refractivity contribution >= 4 is 31.3 Å². The quantitative estimate of drug-likeness (QED) is 0.509. The standard InChI is InChI=1S/C25H31FN2O6S2/c1-17(2)16-34-24-9-7-20(36(32,33)18-4-5-18)14-21(24)25(29)28-12-10-27(11-13-28)23-8-6-19(15-22(23)26)35(3,30)31/h6-9,14-15,17-18H,4-5,10-13,16H2,1-3H3. The molecule has 1 saturated carbocycles.